The molecule has 1 aliphatic heterocycles. The number of carbonyl (C=O) groups is 2. The Bertz CT molecular complexity index is 645. The van der Waals surface area contributed by atoms with Crippen molar-refractivity contribution >= 4 is 17.5 Å². The molecule has 0 spiro atoms. The summed E-state index contributed by atoms with van der Waals surface area (Å²) in [5.41, 5.74) is 2.45. The van der Waals surface area contributed by atoms with Crippen LogP contribution in [0.4, 0.5) is 5.69 Å². The van der Waals surface area contributed by atoms with E-state index in [4.69, 9.17) is 0 Å². The van der Waals surface area contributed by atoms with Crippen molar-refractivity contribution in [2.45, 2.75) is 97.3 Å². The highest BCUT2D eigenvalue weighted by Crippen LogP contribution is 2.25. The number of amides is 2. The molecule has 0 saturated heterocycles. The van der Waals surface area contributed by atoms with Gasteiger partial charge in [0.2, 0.25) is 0 Å². The highest BCUT2D eigenvalue weighted by Gasteiger charge is 2.31. The van der Waals surface area contributed by atoms with Gasteiger partial charge in [-0.05, 0) is 31.9 Å². The summed E-state index contributed by atoms with van der Waals surface area (Å²) in [5.74, 6) is -0.347. The quantitative estimate of drug-likeness (QED) is 0.259. The van der Waals surface area contributed by atoms with E-state index in [9.17, 15) is 9.59 Å². The van der Waals surface area contributed by atoms with Crippen LogP contribution in [0.25, 0.3) is 0 Å². The summed E-state index contributed by atoms with van der Waals surface area (Å²) in [4.78, 5) is 26.1. The maximum Gasteiger partial charge on any atom is 0.261 e. The third-order valence-corrected chi connectivity index (χ3v) is 5.59. The molecule has 154 valence electrons. The van der Waals surface area contributed by atoms with Gasteiger partial charge < -0.3 is 0 Å². The molecule has 0 aromatic heterocycles. The second-order valence-corrected chi connectivity index (χ2v) is 8.12. The van der Waals surface area contributed by atoms with Crippen molar-refractivity contribution < 1.29 is 9.59 Å². The number of anilines is 1. The summed E-state index contributed by atoms with van der Waals surface area (Å²) in [5, 5.41) is 0. The Labute approximate surface area is 171 Å². The van der Waals surface area contributed by atoms with Gasteiger partial charge in [0, 0.05) is 11.6 Å². The van der Waals surface area contributed by atoms with Gasteiger partial charge in [0.1, 0.15) is 0 Å². The topological polar surface area (TPSA) is 37.4 Å². The Morgan fingerprint density at radius 3 is 1.75 bits per heavy atom. The maximum atomic E-state index is 12.6. The van der Waals surface area contributed by atoms with Crippen LogP contribution in [0, 0.1) is 6.92 Å². The fourth-order valence-corrected chi connectivity index (χ4v) is 3.79. The van der Waals surface area contributed by atoms with E-state index in [0.717, 1.165) is 18.4 Å². The number of aryl methyl sites for hydroxylation is 1. The molecule has 0 aliphatic carbocycles. The summed E-state index contributed by atoms with van der Waals surface area (Å²) >= 11 is 0. The van der Waals surface area contributed by atoms with Gasteiger partial charge in [0.25, 0.3) is 11.8 Å². The van der Waals surface area contributed by atoms with Crippen LogP contribution in [-0.4, -0.2) is 11.8 Å². The van der Waals surface area contributed by atoms with Crippen molar-refractivity contribution in [3.63, 3.8) is 0 Å². The lowest BCUT2D eigenvalue weighted by atomic mass is 10.0. The zero-order valence-corrected chi connectivity index (χ0v) is 17.8. The fraction of sp³-hybridized carbons (Fsp3) is 0.600. The van der Waals surface area contributed by atoms with Crippen LogP contribution in [0.15, 0.2) is 35.9 Å². The van der Waals surface area contributed by atoms with Crippen LogP contribution in [-0.2, 0) is 9.59 Å². The molecule has 0 unspecified atom stereocenters. The Morgan fingerprint density at radius 2 is 1.21 bits per heavy atom. The van der Waals surface area contributed by atoms with Crippen molar-refractivity contribution in [3.8, 4) is 0 Å². The first-order valence-corrected chi connectivity index (χ1v) is 11.3. The Morgan fingerprint density at radius 1 is 0.714 bits per heavy atom. The number of hydrogen-bond acceptors (Lipinski definition) is 2. The molecule has 0 N–H and O–H groups in total. The van der Waals surface area contributed by atoms with Crippen LogP contribution in [0.2, 0.25) is 0 Å². The zero-order chi connectivity index (χ0) is 20.2. The molecule has 1 aromatic carbocycles. The van der Waals surface area contributed by atoms with E-state index < -0.39 is 0 Å². The molecule has 3 nitrogen and oxygen atoms in total. The number of unbranched alkanes of at least 4 members (excludes halogenated alkanes) is 11. The lowest BCUT2D eigenvalue weighted by Crippen LogP contribution is -2.30. The minimum atomic E-state index is -0.206. The highest BCUT2D eigenvalue weighted by molar-refractivity contribution is 6.30. The first-order chi connectivity index (χ1) is 13.6. The summed E-state index contributed by atoms with van der Waals surface area (Å²) < 4.78 is 0. The molecule has 0 bridgehead atoms. The van der Waals surface area contributed by atoms with Crippen molar-refractivity contribution in [3.05, 3.63) is 41.5 Å². The van der Waals surface area contributed by atoms with Gasteiger partial charge in [-0.3, -0.25) is 9.59 Å². The minimum absolute atomic E-state index is 0.142. The Balaban J connectivity index is 1.56. The third kappa shape index (κ3) is 7.26. The predicted octanol–water partition coefficient (Wildman–Crippen LogP) is 6.89. The molecule has 1 aromatic rings. The Kier molecular flexibility index (Phi) is 10.0. The van der Waals surface area contributed by atoms with Crippen LogP contribution in [0.3, 0.4) is 0 Å². The molecule has 1 aliphatic rings. The van der Waals surface area contributed by atoms with Gasteiger partial charge in [0.05, 0.1) is 5.69 Å². The lowest BCUT2D eigenvalue weighted by Gasteiger charge is -2.15. The van der Waals surface area contributed by atoms with Gasteiger partial charge in [-0.25, -0.2) is 4.90 Å². The first kappa shape index (κ1) is 22.4. The lowest BCUT2D eigenvalue weighted by molar-refractivity contribution is -0.120. The van der Waals surface area contributed by atoms with Crippen molar-refractivity contribution in [2.75, 3.05) is 4.90 Å². The van der Waals surface area contributed by atoms with Gasteiger partial charge >= 0.3 is 0 Å². The number of nitrogens with zero attached hydrogens (tertiary/aromatic N) is 1. The molecular formula is C25H37NO2. The molecule has 28 heavy (non-hydrogen) atoms. The van der Waals surface area contributed by atoms with Gasteiger partial charge in [0.15, 0.2) is 0 Å². The Hall–Kier alpha value is -1.90. The normalized spacial score (nSPS) is 14.1. The van der Waals surface area contributed by atoms with E-state index in [-0.39, 0.29) is 11.8 Å². The van der Waals surface area contributed by atoms with Crippen molar-refractivity contribution in [2.24, 2.45) is 0 Å². The average molecular weight is 384 g/mol. The third-order valence-electron chi connectivity index (χ3n) is 5.59. The smallest absolute Gasteiger partial charge is 0.261 e. The van der Waals surface area contributed by atoms with E-state index in [0.29, 0.717) is 17.7 Å². The van der Waals surface area contributed by atoms with E-state index >= 15 is 0 Å². The van der Waals surface area contributed by atoms with Crippen LogP contribution in [0.5, 0.6) is 0 Å². The van der Waals surface area contributed by atoms with Crippen molar-refractivity contribution in [1.82, 2.24) is 0 Å². The largest absolute Gasteiger partial charge is 0.269 e. The van der Waals surface area contributed by atoms with Crippen molar-refractivity contribution in [1.29, 1.82) is 0 Å². The van der Waals surface area contributed by atoms with E-state index in [1.54, 1.807) is 0 Å². The molecule has 2 amide bonds. The standard InChI is InChI=1S/C25H37NO2/c1-3-4-5-6-7-8-9-10-11-12-13-14-15-22-20-24(27)26(25(22)28)23-18-16-21(2)17-19-23/h16-20H,3-15H2,1-2H3. The maximum absolute atomic E-state index is 12.6. The van der Waals surface area contributed by atoms with E-state index in [1.165, 1.54) is 75.2 Å². The second kappa shape index (κ2) is 12.5. The molecule has 1 heterocycles. The minimum Gasteiger partial charge on any atom is -0.269 e. The summed E-state index contributed by atoms with van der Waals surface area (Å²) in [6.07, 6.45) is 17.8. The van der Waals surface area contributed by atoms with E-state index in [2.05, 4.69) is 6.92 Å². The SMILES string of the molecule is CCCCCCCCCCCCCCC1=CC(=O)N(c2ccc(C)cc2)C1=O. The molecule has 2 rings (SSSR count). The summed E-state index contributed by atoms with van der Waals surface area (Å²) in [6, 6.07) is 7.54. The molecule has 0 saturated carbocycles. The van der Waals surface area contributed by atoms with Crippen LogP contribution in [0.1, 0.15) is 96.0 Å². The number of rotatable bonds is 14. The first-order valence-electron chi connectivity index (χ1n) is 11.3. The number of carbonyl (C=O) groups excluding carboxylic acids is 2. The van der Waals surface area contributed by atoms with Gasteiger partial charge in [-0.2, -0.15) is 0 Å². The summed E-state index contributed by atoms with van der Waals surface area (Å²) in [7, 11) is 0. The average Bonchev–Trinajstić information content (AvgIpc) is 2.97. The summed E-state index contributed by atoms with van der Waals surface area (Å²) in [6.45, 7) is 4.26. The fourth-order valence-electron chi connectivity index (χ4n) is 3.79. The monoisotopic (exact) mass is 383 g/mol. The zero-order valence-electron chi connectivity index (χ0n) is 17.8. The number of benzene rings is 1. The second-order valence-electron chi connectivity index (χ2n) is 8.12. The van der Waals surface area contributed by atoms with Gasteiger partial charge in [-0.1, -0.05) is 95.2 Å². The number of imide groups is 1. The molecule has 0 fully saturated rings. The van der Waals surface area contributed by atoms with Crippen LogP contribution >= 0.6 is 0 Å². The van der Waals surface area contributed by atoms with Gasteiger partial charge in [-0.15, -0.1) is 0 Å². The highest BCUT2D eigenvalue weighted by atomic mass is 16.2. The predicted molar refractivity (Wildman–Crippen MR) is 117 cm³/mol. The molecule has 0 atom stereocenters. The number of hydrogen-bond donors (Lipinski definition) is 0. The van der Waals surface area contributed by atoms with Crippen LogP contribution < -0.4 is 4.90 Å². The molecule has 0 radical (unpaired) electrons. The molecule has 3 heteroatoms. The van der Waals surface area contributed by atoms with E-state index in [1.807, 2.05) is 31.2 Å². The molecular weight excluding hydrogens is 346 g/mol.